The van der Waals surface area contributed by atoms with Gasteiger partial charge in [-0.25, -0.2) is 4.79 Å². The average Bonchev–Trinajstić information content (AvgIpc) is 2.71. The molecule has 0 aliphatic heterocycles. The minimum Gasteiger partial charge on any atom is -0.496 e. The molecule has 0 aliphatic carbocycles. The van der Waals surface area contributed by atoms with Crippen LogP contribution in [-0.4, -0.2) is 37.4 Å². The number of para-hydroxylation sites is 1. The van der Waals surface area contributed by atoms with Gasteiger partial charge in [0.1, 0.15) is 5.75 Å². The fourth-order valence-corrected chi connectivity index (χ4v) is 2.60. The third kappa shape index (κ3) is 5.05. The van der Waals surface area contributed by atoms with Gasteiger partial charge in [-0.1, -0.05) is 36.4 Å². The van der Waals surface area contributed by atoms with Crippen LogP contribution in [0.3, 0.4) is 0 Å². The first kappa shape index (κ1) is 22.2. The second kappa shape index (κ2) is 9.42. The molecule has 2 aromatic carbocycles. The molecule has 2 rings (SSSR count). The molecule has 156 valence electrons. The lowest BCUT2D eigenvalue weighted by atomic mass is 10.1. The molecular formula is C20H21F3N2O4. The highest BCUT2D eigenvalue weighted by molar-refractivity contribution is 5.98. The van der Waals surface area contributed by atoms with Crippen LogP contribution in [0.25, 0.3) is 0 Å². The molecule has 0 bridgehead atoms. The Bertz CT molecular complexity index is 843. The maximum atomic E-state index is 14.1. The highest BCUT2D eigenvalue weighted by Gasteiger charge is 2.63. The molecule has 1 amide bonds. The Morgan fingerprint density at radius 1 is 1.00 bits per heavy atom. The molecule has 0 aromatic heterocycles. The van der Waals surface area contributed by atoms with Crippen LogP contribution in [0.1, 0.15) is 22.8 Å². The number of carbonyl (C=O) groups excluding carboxylic acids is 2. The van der Waals surface area contributed by atoms with Gasteiger partial charge in [-0.15, -0.1) is 0 Å². The van der Waals surface area contributed by atoms with Crippen molar-refractivity contribution in [1.29, 1.82) is 0 Å². The summed E-state index contributed by atoms with van der Waals surface area (Å²) >= 11 is 0. The zero-order valence-corrected chi connectivity index (χ0v) is 15.9. The maximum Gasteiger partial charge on any atom is 0.436 e. The minimum absolute atomic E-state index is 0.0375. The number of esters is 1. The fraction of sp³-hybridized carbons (Fsp3) is 0.300. The largest absolute Gasteiger partial charge is 0.496 e. The molecule has 6 nitrogen and oxygen atoms in total. The van der Waals surface area contributed by atoms with Crippen molar-refractivity contribution in [1.82, 2.24) is 10.6 Å². The number of halogens is 3. The van der Waals surface area contributed by atoms with Crippen LogP contribution >= 0.6 is 0 Å². The summed E-state index contributed by atoms with van der Waals surface area (Å²) in [6.07, 6.45) is -5.19. The monoisotopic (exact) mass is 410 g/mol. The molecule has 0 aliphatic rings. The second-order valence-electron chi connectivity index (χ2n) is 5.95. The van der Waals surface area contributed by atoms with E-state index < -0.39 is 30.3 Å². The van der Waals surface area contributed by atoms with E-state index in [-0.39, 0.29) is 12.2 Å². The number of ether oxygens (including phenoxy) is 2. The topological polar surface area (TPSA) is 76.7 Å². The van der Waals surface area contributed by atoms with E-state index in [0.717, 1.165) is 0 Å². The molecule has 0 radical (unpaired) electrons. The number of carbonyl (C=O) groups is 2. The first-order valence-electron chi connectivity index (χ1n) is 8.73. The Morgan fingerprint density at radius 3 is 2.21 bits per heavy atom. The SMILES string of the molecule is CCOC(=O)[C@@](NCc1ccccc1OC)(NC(=O)c1ccccc1)C(F)(F)F. The third-order valence-corrected chi connectivity index (χ3v) is 4.08. The van der Waals surface area contributed by atoms with Crippen molar-refractivity contribution in [3.05, 3.63) is 65.7 Å². The molecule has 2 N–H and O–H groups in total. The van der Waals surface area contributed by atoms with E-state index in [1.807, 2.05) is 0 Å². The molecule has 0 fully saturated rings. The van der Waals surface area contributed by atoms with Crippen LogP contribution in [0.5, 0.6) is 5.75 Å². The van der Waals surface area contributed by atoms with E-state index in [1.165, 1.54) is 44.4 Å². The number of nitrogens with one attached hydrogen (secondary N) is 2. The smallest absolute Gasteiger partial charge is 0.436 e. The van der Waals surface area contributed by atoms with Crippen molar-refractivity contribution in [2.75, 3.05) is 13.7 Å². The van der Waals surface area contributed by atoms with Gasteiger partial charge < -0.3 is 14.8 Å². The van der Waals surface area contributed by atoms with Gasteiger partial charge in [0.2, 0.25) is 0 Å². The van der Waals surface area contributed by atoms with Gasteiger partial charge in [0.15, 0.2) is 0 Å². The Morgan fingerprint density at radius 2 is 1.62 bits per heavy atom. The summed E-state index contributed by atoms with van der Waals surface area (Å²) < 4.78 is 52.1. The quantitative estimate of drug-likeness (QED) is 0.517. The number of methoxy groups -OCH3 is 1. The highest BCUT2D eigenvalue weighted by Crippen LogP contribution is 2.31. The number of hydrogen-bond donors (Lipinski definition) is 2. The molecular weight excluding hydrogens is 389 g/mol. The molecule has 2 aromatic rings. The minimum atomic E-state index is -5.19. The first-order chi connectivity index (χ1) is 13.7. The number of amides is 1. The normalized spacial score (nSPS) is 13.3. The summed E-state index contributed by atoms with van der Waals surface area (Å²) in [5, 5.41) is 3.93. The van der Waals surface area contributed by atoms with Crippen LogP contribution in [0, 0.1) is 0 Å². The van der Waals surface area contributed by atoms with Gasteiger partial charge in [0.05, 0.1) is 13.7 Å². The van der Waals surface area contributed by atoms with Crippen LogP contribution in [-0.2, 0) is 16.1 Å². The summed E-state index contributed by atoms with van der Waals surface area (Å²) in [6.45, 7) is 0.657. The van der Waals surface area contributed by atoms with Gasteiger partial charge in [-0.05, 0) is 25.1 Å². The molecule has 1 atom stereocenters. The molecule has 0 saturated heterocycles. The lowest BCUT2D eigenvalue weighted by molar-refractivity contribution is -0.219. The first-order valence-corrected chi connectivity index (χ1v) is 8.73. The van der Waals surface area contributed by atoms with Crippen LogP contribution < -0.4 is 15.4 Å². The van der Waals surface area contributed by atoms with E-state index >= 15 is 0 Å². The van der Waals surface area contributed by atoms with Gasteiger partial charge >= 0.3 is 12.1 Å². The van der Waals surface area contributed by atoms with Gasteiger partial charge in [-0.2, -0.15) is 13.2 Å². The van der Waals surface area contributed by atoms with Crippen molar-refractivity contribution >= 4 is 11.9 Å². The zero-order valence-electron chi connectivity index (χ0n) is 15.9. The predicted octanol–water partition coefficient (Wildman–Crippen LogP) is 3.04. The van der Waals surface area contributed by atoms with Crippen molar-refractivity contribution in [2.24, 2.45) is 0 Å². The molecule has 0 spiro atoms. The molecule has 0 heterocycles. The lowest BCUT2D eigenvalue weighted by Crippen LogP contribution is -2.72. The predicted molar refractivity (Wildman–Crippen MR) is 99.2 cm³/mol. The standard InChI is InChI=1S/C20H21F3N2O4/c1-3-29-18(27)19(20(21,22)23,25-17(26)14-9-5-4-6-10-14)24-13-15-11-7-8-12-16(15)28-2/h4-12,24H,3,13H2,1-2H3,(H,25,26)/t19-/m1/s1. The van der Waals surface area contributed by atoms with Gasteiger partial charge in [0, 0.05) is 17.7 Å². The van der Waals surface area contributed by atoms with Crippen LogP contribution in [0.15, 0.2) is 54.6 Å². The number of alkyl halides is 3. The average molecular weight is 410 g/mol. The van der Waals surface area contributed by atoms with Crippen molar-refractivity contribution < 1.29 is 32.2 Å². The van der Waals surface area contributed by atoms with Gasteiger partial charge in [-0.3, -0.25) is 10.1 Å². The van der Waals surface area contributed by atoms with Crippen molar-refractivity contribution in [3.8, 4) is 5.75 Å². The third-order valence-electron chi connectivity index (χ3n) is 4.08. The summed E-state index contributed by atoms with van der Waals surface area (Å²) in [7, 11) is 1.37. The molecule has 0 unspecified atom stereocenters. The van der Waals surface area contributed by atoms with Crippen LogP contribution in [0.2, 0.25) is 0 Å². The summed E-state index contributed by atoms with van der Waals surface area (Å²) in [6, 6.07) is 13.6. The zero-order chi connectivity index (χ0) is 21.5. The number of rotatable bonds is 8. The van der Waals surface area contributed by atoms with Gasteiger partial charge in [0.25, 0.3) is 11.6 Å². The lowest BCUT2D eigenvalue weighted by Gasteiger charge is -2.35. The van der Waals surface area contributed by atoms with Crippen molar-refractivity contribution in [3.63, 3.8) is 0 Å². The van der Waals surface area contributed by atoms with E-state index in [2.05, 4.69) is 10.1 Å². The highest BCUT2D eigenvalue weighted by atomic mass is 19.4. The molecule has 29 heavy (non-hydrogen) atoms. The summed E-state index contributed by atoms with van der Waals surface area (Å²) in [5.74, 6) is -2.41. The van der Waals surface area contributed by atoms with E-state index in [1.54, 1.807) is 29.6 Å². The summed E-state index contributed by atoms with van der Waals surface area (Å²) in [5.41, 5.74) is -3.12. The van der Waals surface area contributed by atoms with Crippen LogP contribution in [0.4, 0.5) is 13.2 Å². The maximum absolute atomic E-state index is 14.1. The Kier molecular flexibility index (Phi) is 7.22. The summed E-state index contributed by atoms with van der Waals surface area (Å²) in [4.78, 5) is 24.9. The fourth-order valence-electron chi connectivity index (χ4n) is 2.60. The number of hydrogen-bond acceptors (Lipinski definition) is 5. The Hall–Kier alpha value is -3.07. The number of benzene rings is 2. The molecule has 0 saturated carbocycles. The van der Waals surface area contributed by atoms with E-state index in [4.69, 9.17) is 4.74 Å². The second-order valence-corrected chi connectivity index (χ2v) is 5.95. The Labute approximate surface area is 166 Å². The Balaban J connectivity index is 2.42. The van der Waals surface area contributed by atoms with E-state index in [0.29, 0.717) is 11.3 Å². The molecule has 9 heteroatoms. The van der Waals surface area contributed by atoms with Crippen molar-refractivity contribution in [2.45, 2.75) is 25.3 Å². The van der Waals surface area contributed by atoms with E-state index in [9.17, 15) is 22.8 Å².